The average Bonchev–Trinajstić information content (AvgIpc) is 3.21. The Morgan fingerprint density at radius 2 is 1.59 bits per heavy atom. The van der Waals surface area contributed by atoms with E-state index in [1.165, 1.54) is 12.1 Å². The Kier molecular flexibility index (Phi) is 6.13. The molecule has 5 heteroatoms. The molecule has 1 unspecified atom stereocenters. The Balaban J connectivity index is 2.08. The number of halogens is 1. The summed E-state index contributed by atoms with van der Waals surface area (Å²) in [6, 6.07) is 16.5. The first-order valence-corrected chi connectivity index (χ1v) is 11.1. The van der Waals surface area contributed by atoms with Crippen LogP contribution in [0.1, 0.15) is 68.2 Å². The van der Waals surface area contributed by atoms with E-state index in [0.717, 1.165) is 44.5 Å². The highest BCUT2D eigenvalue weighted by Gasteiger charge is 2.28. The van der Waals surface area contributed by atoms with Gasteiger partial charge in [-0.05, 0) is 52.6 Å². The normalized spacial score (nSPS) is 12.8. The van der Waals surface area contributed by atoms with Gasteiger partial charge in [-0.25, -0.2) is 4.39 Å². The first-order valence-electron chi connectivity index (χ1n) is 11.1. The third-order valence-corrected chi connectivity index (χ3v) is 6.01. The van der Waals surface area contributed by atoms with Crippen LogP contribution >= 0.6 is 0 Å². The third kappa shape index (κ3) is 3.83. The molecule has 0 saturated heterocycles. The zero-order valence-electron chi connectivity index (χ0n) is 19.0. The minimum absolute atomic E-state index is 0.113. The molecule has 0 saturated carbocycles. The van der Waals surface area contributed by atoms with Gasteiger partial charge in [0.2, 0.25) is 0 Å². The molecule has 2 heterocycles. The lowest BCUT2D eigenvalue weighted by molar-refractivity contribution is 0.279. The van der Waals surface area contributed by atoms with Gasteiger partial charge < -0.3 is 15.4 Å². The van der Waals surface area contributed by atoms with Crippen molar-refractivity contribution < 1.29 is 9.50 Å². The molecule has 1 atom stereocenters. The molecule has 166 valence electrons. The second-order valence-corrected chi connectivity index (χ2v) is 8.85. The fraction of sp³-hybridized carbons (Fsp3) is 0.296. The van der Waals surface area contributed by atoms with Crippen molar-refractivity contribution in [3.63, 3.8) is 0 Å². The fourth-order valence-electron chi connectivity index (χ4n) is 4.49. The van der Waals surface area contributed by atoms with E-state index in [1.54, 1.807) is 12.1 Å². The van der Waals surface area contributed by atoms with E-state index < -0.39 is 6.17 Å². The van der Waals surface area contributed by atoms with Crippen molar-refractivity contribution in [2.24, 2.45) is 5.73 Å². The van der Waals surface area contributed by atoms with Crippen LogP contribution in [0.15, 0.2) is 60.8 Å². The number of hydrogen-bond acceptors (Lipinski definition) is 3. The third-order valence-electron chi connectivity index (χ3n) is 6.01. The molecule has 3 N–H and O–H groups in total. The number of nitrogens with two attached hydrogens (primary N) is 1. The summed E-state index contributed by atoms with van der Waals surface area (Å²) in [5.74, 6) is -0.0716. The molecule has 0 aliphatic rings. The standard InChI is InChI=1S/C27H30FN3O/c1-16(2)25-21(15-32)23(19-9-11-20(28)12-10-19)24(26(30-25)17(3)4)27(29)31-14-13-18-7-5-6-8-22(18)31/h5-14,16-17,27,32H,15,29H2,1-4H3. The summed E-state index contributed by atoms with van der Waals surface area (Å²) in [6.07, 6.45) is 1.47. The van der Waals surface area contributed by atoms with Gasteiger partial charge in [0, 0.05) is 28.5 Å². The van der Waals surface area contributed by atoms with Crippen LogP contribution < -0.4 is 5.73 Å². The van der Waals surface area contributed by atoms with Crippen molar-refractivity contribution in [2.45, 2.75) is 52.3 Å². The van der Waals surface area contributed by atoms with Crippen LogP contribution in [0.25, 0.3) is 22.0 Å². The number of aliphatic hydroxyl groups excluding tert-OH is 1. The maximum Gasteiger partial charge on any atom is 0.123 e. The van der Waals surface area contributed by atoms with E-state index >= 15 is 0 Å². The smallest absolute Gasteiger partial charge is 0.123 e. The van der Waals surface area contributed by atoms with Gasteiger partial charge in [-0.15, -0.1) is 0 Å². The number of benzene rings is 2. The quantitative estimate of drug-likeness (QED) is 0.388. The van der Waals surface area contributed by atoms with E-state index in [4.69, 9.17) is 10.7 Å². The largest absolute Gasteiger partial charge is 0.392 e. The highest BCUT2D eigenvalue weighted by molar-refractivity contribution is 5.81. The molecule has 0 spiro atoms. The summed E-state index contributed by atoms with van der Waals surface area (Å²) in [5.41, 5.74) is 13.0. The van der Waals surface area contributed by atoms with Crippen molar-refractivity contribution in [3.8, 4) is 11.1 Å². The van der Waals surface area contributed by atoms with E-state index in [0.29, 0.717) is 0 Å². The number of para-hydroxylation sites is 1. The zero-order valence-corrected chi connectivity index (χ0v) is 19.0. The lowest BCUT2D eigenvalue weighted by atomic mass is 9.86. The Hall–Kier alpha value is -3.02. The van der Waals surface area contributed by atoms with Crippen molar-refractivity contribution in [1.82, 2.24) is 9.55 Å². The molecule has 2 aromatic heterocycles. The summed E-state index contributed by atoms with van der Waals surface area (Å²) < 4.78 is 15.8. The van der Waals surface area contributed by atoms with E-state index in [2.05, 4.69) is 33.8 Å². The van der Waals surface area contributed by atoms with Crippen LogP contribution in [0.5, 0.6) is 0 Å². The van der Waals surface area contributed by atoms with Gasteiger partial charge in [-0.1, -0.05) is 58.0 Å². The molecule has 0 fully saturated rings. The van der Waals surface area contributed by atoms with Gasteiger partial charge in [0.05, 0.1) is 12.3 Å². The lowest BCUT2D eigenvalue weighted by Crippen LogP contribution is -2.24. The van der Waals surface area contributed by atoms with Crippen LogP contribution in [-0.2, 0) is 6.61 Å². The minimum Gasteiger partial charge on any atom is -0.392 e. The minimum atomic E-state index is -0.522. The number of rotatable bonds is 6. The number of aliphatic hydroxyl groups is 1. The topological polar surface area (TPSA) is 64.1 Å². The molecule has 0 amide bonds. The van der Waals surface area contributed by atoms with Crippen molar-refractivity contribution in [2.75, 3.05) is 0 Å². The zero-order chi connectivity index (χ0) is 23.0. The van der Waals surface area contributed by atoms with Crippen molar-refractivity contribution >= 4 is 10.9 Å². The molecule has 2 aromatic carbocycles. The van der Waals surface area contributed by atoms with Gasteiger partial charge >= 0.3 is 0 Å². The molecule has 4 nitrogen and oxygen atoms in total. The van der Waals surface area contributed by atoms with Crippen LogP contribution in [0.3, 0.4) is 0 Å². The molecule has 0 aliphatic carbocycles. The Labute approximate surface area is 188 Å². The summed E-state index contributed by atoms with van der Waals surface area (Å²) in [4.78, 5) is 5.03. The van der Waals surface area contributed by atoms with Crippen LogP contribution in [0.2, 0.25) is 0 Å². The van der Waals surface area contributed by atoms with Gasteiger partial charge in [0.15, 0.2) is 0 Å². The van der Waals surface area contributed by atoms with Gasteiger partial charge in [0.1, 0.15) is 12.0 Å². The maximum atomic E-state index is 13.8. The van der Waals surface area contributed by atoms with E-state index in [9.17, 15) is 9.50 Å². The molecule has 4 aromatic rings. The van der Waals surface area contributed by atoms with Crippen molar-refractivity contribution in [1.29, 1.82) is 0 Å². The number of hydrogen-bond donors (Lipinski definition) is 2. The fourth-order valence-corrected chi connectivity index (χ4v) is 4.49. The Morgan fingerprint density at radius 1 is 0.938 bits per heavy atom. The molecular formula is C27H30FN3O. The first-order chi connectivity index (χ1) is 15.3. The average molecular weight is 432 g/mol. The number of aromatic nitrogens is 2. The molecule has 0 bridgehead atoms. The molecule has 4 rings (SSSR count). The highest BCUT2D eigenvalue weighted by atomic mass is 19.1. The predicted molar refractivity (Wildman–Crippen MR) is 128 cm³/mol. The van der Waals surface area contributed by atoms with Gasteiger partial charge in [-0.2, -0.15) is 0 Å². The summed E-state index contributed by atoms with van der Waals surface area (Å²) >= 11 is 0. The molecular weight excluding hydrogens is 401 g/mol. The SMILES string of the molecule is CC(C)c1nc(C(C)C)c(C(N)n2ccc3ccccc32)c(-c2ccc(F)cc2)c1CO. The van der Waals surface area contributed by atoms with Crippen LogP contribution in [-0.4, -0.2) is 14.7 Å². The predicted octanol–water partition coefficient (Wildman–Crippen LogP) is 6.09. The van der Waals surface area contributed by atoms with Gasteiger partial charge in [-0.3, -0.25) is 4.98 Å². The van der Waals surface area contributed by atoms with E-state index in [1.807, 2.05) is 35.0 Å². The molecule has 0 radical (unpaired) electrons. The van der Waals surface area contributed by atoms with Gasteiger partial charge in [0.25, 0.3) is 0 Å². The second-order valence-electron chi connectivity index (χ2n) is 8.85. The summed E-state index contributed by atoms with van der Waals surface area (Å²) in [7, 11) is 0. The Morgan fingerprint density at radius 3 is 2.22 bits per heavy atom. The van der Waals surface area contributed by atoms with Crippen LogP contribution in [0, 0.1) is 5.82 Å². The van der Waals surface area contributed by atoms with Crippen LogP contribution in [0.4, 0.5) is 4.39 Å². The monoisotopic (exact) mass is 431 g/mol. The first kappa shape index (κ1) is 22.2. The van der Waals surface area contributed by atoms with E-state index in [-0.39, 0.29) is 24.3 Å². The summed E-state index contributed by atoms with van der Waals surface area (Å²) in [6.45, 7) is 8.17. The number of fused-ring (bicyclic) bond motifs is 1. The molecule has 32 heavy (non-hydrogen) atoms. The molecule has 0 aliphatic heterocycles. The lowest BCUT2D eigenvalue weighted by Gasteiger charge is -2.28. The highest BCUT2D eigenvalue weighted by Crippen LogP contribution is 2.40. The maximum absolute atomic E-state index is 13.8. The van der Waals surface area contributed by atoms with Crippen molar-refractivity contribution in [3.05, 3.63) is 89.1 Å². The summed E-state index contributed by atoms with van der Waals surface area (Å²) in [5, 5.41) is 11.5. The Bertz CT molecular complexity index is 1240. The number of nitrogens with zero attached hydrogens (tertiary/aromatic N) is 2. The second kappa shape index (κ2) is 8.85. The number of pyridine rings is 1.